The Balaban J connectivity index is 1.31. The predicted molar refractivity (Wildman–Crippen MR) is 253 cm³/mol. The lowest BCUT2D eigenvalue weighted by atomic mass is 9.47. The van der Waals surface area contributed by atoms with E-state index >= 15 is 0 Å². The van der Waals surface area contributed by atoms with E-state index in [2.05, 4.69) is 193 Å². The molecule has 3 aliphatic rings. The highest BCUT2D eigenvalue weighted by Crippen LogP contribution is 2.53. The lowest BCUT2D eigenvalue weighted by molar-refractivity contribution is 0.332. The molecule has 11 rings (SSSR count). The molecule has 2 nitrogen and oxygen atoms in total. The zero-order valence-electron chi connectivity index (χ0n) is 35.3. The number of aromatic nitrogens is 1. The normalized spacial score (nSPS) is 17.2. The van der Waals surface area contributed by atoms with E-state index < -0.39 is 0 Å². The summed E-state index contributed by atoms with van der Waals surface area (Å²) in [4.78, 5) is 2.65. The molecule has 2 aromatic heterocycles. The number of allylic oxidation sites excluding steroid dienone is 1. The fourth-order valence-electron chi connectivity index (χ4n) is 10.9. The molecule has 0 radical (unpaired) electrons. The van der Waals surface area contributed by atoms with Gasteiger partial charge in [0.15, 0.2) is 0 Å². The topological polar surface area (TPSA) is 8.17 Å². The van der Waals surface area contributed by atoms with Crippen molar-refractivity contribution in [1.82, 2.24) is 4.48 Å². The van der Waals surface area contributed by atoms with Crippen LogP contribution in [0.3, 0.4) is 0 Å². The number of hydrogen-bond donors (Lipinski definition) is 0. The Hall–Kier alpha value is -5.32. The van der Waals surface area contributed by atoms with Crippen LogP contribution < -0.4 is 15.1 Å². The Bertz CT molecular complexity index is 3060. The lowest BCUT2D eigenvalue weighted by Crippen LogP contribution is -2.57. The molecule has 0 spiro atoms. The van der Waals surface area contributed by atoms with Crippen molar-refractivity contribution in [2.45, 2.75) is 91.4 Å². The molecule has 2 aliphatic heterocycles. The van der Waals surface area contributed by atoms with Crippen molar-refractivity contribution in [3.8, 4) is 11.1 Å². The highest BCUT2D eigenvalue weighted by molar-refractivity contribution is 7.31. The van der Waals surface area contributed by atoms with E-state index in [-0.39, 0.29) is 23.1 Å². The van der Waals surface area contributed by atoms with Gasteiger partial charge in [0, 0.05) is 42.8 Å². The fraction of sp³-hybridized carbons (Fsp3) is 0.259. The average molecular weight is 771 g/mol. The minimum absolute atomic E-state index is 0.0152. The molecule has 0 saturated heterocycles. The lowest BCUT2D eigenvalue weighted by Gasteiger charge is -2.42. The standard InChI is InChI=1S/C54H51BN2S/c1-10-38-40-28-35(33-16-12-11-13-17-33)29-45-48(40)55(57-44-25-20-34-18-14-15-19-39(34)47(44)32(2)49(38)57)51-50(56(45)37-23-21-36(22-24-37)52(3,4)5)41-30-42-43(31-46(41)58-51)54(8,9)27-26-53(42,6)7/h10-25,28-31H,26-27H2,1-9H3/b38-10-. The van der Waals surface area contributed by atoms with E-state index in [0.29, 0.717) is 0 Å². The first-order valence-corrected chi connectivity index (χ1v) is 22.0. The highest BCUT2D eigenvalue weighted by Gasteiger charge is 2.47. The molecule has 286 valence electrons. The first-order chi connectivity index (χ1) is 27.8. The summed E-state index contributed by atoms with van der Waals surface area (Å²) in [7, 11) is 0. The number of thiophene rings is 1. The zero-order chi connectivity index (χ0) is 40.0. The molecule has 0 saturated carbocycles. The third-order valence-corrected chi connectivity index (χ3v) is 15.3. The summed E-state index contributed by atoms with van der Waals surface area (Å²) in [6.07, 6.45) is 4.77. The van der Waals surface area contributed by atoms with Gasteiger partial charge in [0.05, 0.1) is 5.69 Å². The summed E-state index contributed by atoms with van der Waals surface area (Å²) in [5, 5.41) is 5.36. The third kappa shape index (κ3) is 4.91. The zero-order valence-corrected chi connectivity index (χ0v) is 36.2. The van der Waals surface area contributed by atoms with E-state index in [1.54, 1.807) is 0 Å². The summed E-state index contributed by atoms with van der Waals surface area (Å²) < 4.78 is 5.55. The number of benzene rings is 6. The molecular formula is C54H51BN2S. The molecule has 4 heteroatoms. The van der Waals surface area contributed by atoms with Crippen molar-refractivity contribution in [2.24, 2.45) is 0 Å². The maximum atomic E-state index is 2.74. The largest absolute Gasteiger partial charge is 0.375 e. The molecule has 0 amide bonds. The average Bonchev–Trinajstić information content (AvgIpc) is 3.74. The van der Waals surface area contributed by atoms with Crippen LogP contribution >= 0.6 is 11.3 Å². The smallest absolute Gasteiger partial charge is 0.343 e. The molecule has 1 aliphatic carbocycles. The van der Waals surface area contributed by atoms with Gasteiger partial charge in [-0.3, -0.25) is 0 Å². The van der Waals surface area contributed by atoms with E-state index in [1.165, 1.54) is 122 Å². The van der Waals surface area contributed by atoms with E-state index in [9.17, 15) is 0 Å². The Labute approximate surface area is 348 Å². The van der Waals surface area contributed by atoms with Crippen molar-refractivity contribution in [3.63, 3.8) is 0 Å². The maximum absolute atomic E-state index is 2.74. The van der Waals surface area contributed by atoms with Crippen LogP contribution in [0.5, 0.6) is 0 Å². The van der Waals surface area contributed by atoms with Crippen molar-refractivity contribution >= 4 is 82.8 Å². The van der Waals surface area contributed by atoms with Gasteiger partial charge in [-0.1, -0.05) is 127 Å². The van der Waals surface area contributed by atoms with Crippen molar-refractivity contribution in [3.05, 3.63) is 155 Å². The molecule has 0 N–H and O–H groups in total. The van der Waals surface area contributed by atoms with Crippen molar-refractivity contribution < 1.29 is 0 Å². The minimum atomic E-state index is 0.0152. The third-order valence-electron chi connectivity index (χ3n) is 14.1. The van der Waals surface area contributed by atoms with Gasteiger partial charge < -0.3 is 9.38 Å². The first-order valence-electron chi connectivity index (χ1n) is 21.2. The number of fused-ring (bicyclic) bond motifs is 11. The van der Waals surface area contributed by atoms with E-state index in [4.69, 9.17) is 0 Å². The number of anilines is 3. The van der Waals surface area contributed by atoms with Gasteiger partial charge in [-0.05, 0) is 146 Å². The summed E-state index contributed by atoms with van der Waals surface area (Å²) in [6.45, 7) is 21.4. The summed E-state index contributed by atoms with van der Waals surface area (Å²) in [6, 6.07) is 44.4. The van der Waals surface area contributed by atoms with E-state index in [1.807, 2.05) is 11.3 Å². The number of hydrogen-bond acceptors (Lipinski definition) is 2. The molecule has 0 unspecified atom stereocenters. The number of nitrogens with zero attached hydrogens (tertiary/aromatic N) is 2. The summed E-state index contributed by atoms with van der Waals surface area (Å²) >= 11 is 2.03. The van der Waals surface area contributed by atoms with Crippen molar-refractivity contribution in [2.75, 3.05) is 4.90 Å². The van der Waals surface area contributed by atoms with Gasteiger partial charge in [-0.25, -0.2) is 0 Å². The minimum Gasteiger partial charge on any atom is -0.375 e. The van der Waals surface area contributed by atoms with Gasteiger partial charge in [0.25, 0.3) is 0 Å². The summed E-state index contributed by atoms with van der Waals surface area (Å²) in [5.74, 6) is 0. The van der Waals surface area contributed by atoms with Gasteiger partial charge in [0.2, 0.25) is 0 Å². The summed E-state index contributed by atoms with van der Waals surface area (Å²) in [5.41, 5.74) is 19.1. The Morgan fingerprint density at radius 1 is 0.724 bits per heavy atom. The van der Waals surface area contributed by atoms with Gasteiger partial charge in [-0.15, -0.1) is 11.3 Å². The Kier molecular flexibility index (Phi) is 7.48. The van der Waals surface area contributed by atoms with Gasteiger partial charge in [0.1, 0.15) is 0 Å². The molecular weight excluding hydrogens is 719 g/mol. The van der Waals surface area contributed by atoms with Crippen LogP contribution in [0.25, 0.3) is 48.5 Å². The van der Waals surface area contributed by atoms with Crippen molar-refractivity contribution in [1.29, 1.82) is 0 Å². The Morgan fingerprint density at radius 3 is 2.12 bits per heavy atom. The van der Waals surface area contributed by atoms with E-state index in [0.717, 1.165) is 0 Å². The number of aryl methyl sites for hydroxylation is 1. The fourth-order valence-corrected chi connectivity index (χ4v) is 12.2. The molecule has 0 fully saturated rings. The monoisotopic (exact) mass is 770 g/mol. The van der Waals surface area contributed by atoms with Crippen LogP contribution in [0.4, 0.5) is 17.1 Å². The van der Waals surface area contributed by atoms with Crippen LogP contribution in [0.2, 0.25) is 0 Å². The second-order valence-electron chi connectivity index (χ2n) is 19.6. The SMILES string of the molecule is C/C=C1/c2cc(-c3ccccc3)cc3c2B(c2sc4cc5c(cc4c2N3c2ccc(C(C)(C)C)cc2)C(C)(C)CCC5(C)C)n2c1c(C)c1c3ccccc3ccc12. The number of rotatable bonds is 2. The van der Waals surface area contributed by atoms with Crippen LogP contribution in [-0.4, -0.2) is 11.3 Å². The maximum Gasteiger partial charge on any atom is 0.343 e. The highest BCUT2D eigenvalue weighted by atomic mass is 32.1. The van der Waals surface area contributed by atoms with Crippen LogP contribution in [-0.2, 0) is 16.2 Å². The van der Waals surface area contributed by atoms with Crippen LogP contribution in [0.1, 0.15) is 102 Å². The second kappa shape index (κ2) is 12.1. The Morgan fingerprint density at radius 2 is 1.41 bits per heavy atom. The predicted octanol–water partition coefficient (Wildman–Crippen LogP) is 13.8. The quantitative estimate of drug-likeness (QED) is 0.159. The second-order valence-corrected chi connectivity index (χ2v) is 20.6. The van der Waals surface area contributed by atoms with Gasteiger partial charge >= 0.3 is 6.85 Å². The van der Waals surface area contributed by atoms with Gasteiger partial charge in [-0.2, -0.15) is 0 Å². The molecule has 8 aromatic rings. The molecule has 0 atom stereocenters. The van der Waals surface area contributed by atoms with Crippen LogP contribution in [0.15, 0.2) is 121 Å². The molecule has 0 bridgehead atoms. The first kappa shape index (κ1) is 35.8. The molecule has 4 heterocycles. The molecule has 58 heavy (non-hydrogen) atoms. The molecule has 6 aromatic carbocycles. The van der Waals surface area contributed by atoms with Crippen LogP contribution in [0, 0.1) is 6.92 Å².